The van der Waals surface area contributed by atoms with Gasteiger partial charge >= 0.3 is 0 Å². The molecule has 1 rings (SSSR count). The Kier molecular flexibility index (Phi) is 10.1. The zero-order valence-electron chi connectivity index (χ0n) is 16.0. The number of likely N-dealkylation sites (N-methyl/N-ethyl adjacent to an activating group) is 1. The second-order valence-electron chi connectivity index (χ2n) is 6.23. The summed E-state index contributed by atoms with van der Waals surface area (Å²) in [6.07, 6.45) is 1.00. The quantitative estimate of drug-likeness (QED) is 0.507. The maximum atomic E-state index is 5.09. The van der Waals surface area contributed by atoms with Gasteiger partial charge in [0.1, 0.15) is 0 Å². The molecule has 2 N–H and O–H groups in total. The summed E-state index contributed by atoms with van der Waals surface area (Å²) in [6, 6.07) is 6.72. The molecule has 0 heterocycles. The van der Waals surface area contributed by atoms with Crippen LogP contribution in [0.2, 0.25) is 0 Å². The molecule has 0 unspecified atom stereocenters. The van der Waals surface area contributed by atoms with Crippen LogP contribution in [0.15, 0.2) is 23.2 Å². The summed E-state index contributed by atoms with van der Waals surface area (Å²) < 4.78 is 5.09. The molecule has 0 aliphatic heterocycles. The van der Waals surface area contributed by atoms with Crippen molar-refractivity contribution in [1.29, 1.82) is 0 Å². The first-order valence-corrected chi connectivity index (χ1v) is 8.82. The summed E-state index contributed by atoms with van der Waals surface area (Å²) in [7, 11) is 3.82. The predicted molar refractivity (Wildman–Crippen MR) is 103 cm³/mol. The van der Waals surface area contributed by atoms with Crippen LogP contribution in [0.25, 0.3) is 0 Å². The highest BCUT2D eigenvalue weighted by Gasteiger charge is 2.01. The number of aryl methyl sites for hydroxylation is 2. The van der Waals surface area contributed by atoms with Gasteiger partial charge in [-0.1, -0.05) is 29.3 Å². The van der Waals surface area contributed by atoms with E-state index in [4.69, 9.17) is 4.74 Å². The van der Waals surface area contributed by atoms with Gasteiger partial charge in [0, 0.05) is 33.3 Å². The van der Waals surface area contributed by atoms with Gasteiger partial charge in [-0.15, -0.1) is 0 Å². The number of ether oxygens (including phenoxy) is 1. The molecule has 1 aromatic rings. The van der Waals surface area contributed by atoms with Crippen molar-refractivity contribution < 1.29 is 4.74 Å². The van der Waals surface area contributed by atoms with Crippen LogP contribution in [-0.2, 0) is 11.2 Å². The van der Waals surface area contributed by atoms with E-state index in [1.54, 1.807) is 7.11 Å². The summed E-state index contributed by atoms with van der Waals surface area (Å²) in [5, 5.41) is 6.72. The molecule has 136 valence electrons. The van der Waals surface area contributed by atoms with Crippen LogP contribution in [-0.4, -0.2) is 64.3 Å². The van der Waals surface area contributed by atoms with Gasteiger partial charge in [0.15, 0.2) is 5.96 Å². The van der Waals surface area contributed by atoms with Crippen LogP contribution < -0.4 is 10.6 Å². The topological polar surface area (TPSA) is 48.9 Å². The fraction of sp³-hybridized carbons (Fsp3) is 0.632. The smallest absolute Gasteiger partial charge is 0.191 e. The van der Waals surface area contributed by atoms with Crippen molar-refractivity contribution in [3.8, 4) is 0 Å². The third-order valence-corrected chi connectivity index (χ3v) is 3.76. The summed E-state index contributed by atoms with van der Waals surface area (Å²) in [4.78, 5) is 6.87. The Morgan fingerprint density at radius 3 is 2.46 bits per heavy atom. The first-order chi connectivity index (χ1) is 11.5. The minimum absolute atomic E-state index is 0.758. The number of nitrogens with one attached hydrogen (secondary N) is 2. The van der Waals surface area contributed by atoms with E-state index in [2.05, 4.69) is 66.5 Å². The second kappa shape index (κ2) is 11.9. The Balaban J connectivity index is 2.40. The van der Waals surface area contributed by atoms with E-state index in [-0.39, 0.29) is 0 Å². The van der Waals surface area contributed by atoms with Crippen LogP contribution in [0.4, 0.5) is 0 Å². The van der Waals surface area contributed by atoms with Gasteiger partial charge in [-0.05, 0) is 39.8 Å². The number of methoxy groups -OCH3 is 1. The van der Waals surface area contributed by atoms with E-state index in [1.165, 1.54) is 16.7 Å². The minimum Gasteiger partial charge on any atom is -0.383 e. The molecule has 1 aromatic carbocycles. The summed E-state index contributed by atoms with van der Waals surface area (Å²) in [5.74, 6) is 0.891. The highest BCUT2D eigenvalue weighted by Crippen LogP contribution is 2.08. The number of hydrogen-bond donors (Lipinski definition) is 2. The van der Waals surface area contributed by atoms with Crippen LogP contribution in [0, 0.1) is 13.8 Å². The van der Waals surface area contributed by atoms with E-state index >= 15 is 0 Å². The molecular weight excluding hydrogens is 300 g/mol. The van der Waals surface area contributed by atoms with E-state index in [9.17, 15) is 0 Å². The van der Waals surface area contributed by atoms with Crippen molar-refractivity contribution in [2.45, 2.75) is 27.2 Å². The number of nitrogens with zero attached hydrogens (tertiary/aromatic N) is 2. The largest absolute Gasteiger partial charge is 0.383 e. The maximum Gasteiger partial charge on any atom is 0.191 e. The van der Waals surface area contributed by atoms with Gasteiger partial charge in [-0.25, -0.2) is 0 Å². The van der Waals surface area contributed by atoms with Crippen LogP contribution in [0.3, 0.4) is 0 Å². The zero-order chi connectivity index (χ0) is 17.8. The molecule has 24 heavy (non-hydrogen) atoms. The average Bonchev–Trinajstić information content (AvgIpc) is 2.52. The SMILES string of the molecule is CCNC(=NCCN(C)CCOC)NCCc1cc(C)cc(C)c1. The lowest BCUT2D eigenvalue weighted by molar-refractivity contribution is 0.163. The Bertz CT molecular complexity index is 482. The highest BCUT2D eigenvalue weighted by molar-refractivity contribution is 5.79. The lowest BCUT2D eigenvalue weighted by atomic mass is 10.1. The molecule has 0 spiro atoms. The Morgan fingerprint density at radius 1 is 1.12 bits per heavy atom. The Morgan fingerprint density at radius 2 is 1.83 bits per heavy atom. The number of rotatable bonds is 10. The number of hydrogen-bond acceptors (Lipinski definition) is 3. The molecule has 0 aromatic heterocycles. The molecule has 5 heteroatoms. The van der Waals surface area contributed by atoms with Crippen molar-refractivity contribution in [2.24, 2.45) is 4.99 Å². The lowest BCUT2D eigenvalue weighted by Crippen LogP contribution is -2.39. The lowest BCUT2D eigenvalue weighted by Gasteiger charge is -2.16. The molecule has 0 saturated heterocycles. The first-order valence-electron chi connectivity index (χ1n) is 8.82. The first kappa shape index (κ1) is 20.5. The fourth-order valence-corrected chi connectivity index (χ4v) is 2.57. The summed E-state index contributed by atoms with van der Waals surface area (Å²) in [6.45, 7) is 11.5. The molecule has 0 bridgehead atoms. The monoisotopic (exact) mass is 334 g/mol. The Labute approximate surface area is 147 Å². The molecule has 0 radical (unpaired) electrons. The van der Waals surface area contributed by atoms with Crippen molar-refractivity contribution >= 4 is 5.96 Å². The second-order valence-corrected chi connectivity index (χ2v) is 6.23. The van der Waals surface area contributed by atoms with Gasteiger partial charge in [0.2, 0.25) is 0 Å². The van der Waals surface area contributed by atoms with Gasteiger partial charge in [-0.2, -0.15) is 0 Å². The van der Waals surface area contributed by atoms with E-state index in [0.717, 1.165) is 51.7 Å². The average molecular weight is 335 g/mol. The van der Waals surface area contributed by atoms with Gasteiger partial charge in [0.05, 0.1) is 13.2 Å². The summed E-state index contributed by atoms with van der Waals surface area (Å²) >= 11 is 0. The number of aliphatic imine (C=N–C) groups is 1. The van der Waals surface area contributed by atoms with E-state index in [0.29, 0.717) is 0 Å². The van der Waals surface area contributed by atoms with Gasteiger partial charge < -0.3 is 20.3 Å². The molecule has 0 aliphatic carbocycles. The standard InChI is InChI=1S/C19H34N4O/c1-6-20-19(22-9-10-23(4)11-12-24-5)21-8-7-18-14-16(2)13-17(3)15-18/h13-15H,6-12H2,1-5H3,(H2,20,21,22). The zero-order valence-corrected chi connectivity index (χ0v) is 16.0. The normalized spacial score (nSPS) is 11.8. The maximum absolute atomic E-state index is 5.09. The van der Waals surface area contributed by atoms with Crippen molar-refractivity contribution in [3.63, 3.8) is 0 Å². The van der Waals surface area contributed by atoms with Crippen molar-refractivity contribution in [3.05, 3.63) is 34.9 Å². The van der Waals surface area contributed by atoms with E-state index in [1.807, 2.05) is 0 Å². The van der Waals surface area contributed by atoms with Crippen molar-refractivity contribution in [2.75, 3.05) is 53.5 Å². The van der Waals surface area contributed by atoms with Gasteiger partial charge in [0.25, 0.3) is 0 Å². The molecule has 0 aliphatic rings. The van der Waals surface area contributed by atoms with Gasteiger partial charge in [-0.3, -0.25) is 4.99 Å². The minimum atomic E-state index is 0.758. The van der Waals surface area contributed by atoms with Crippen LogP contribution in [0.5, 0.6) is 0 Å². The third kappa shape index (κ3) is 8.89. The molecule has 0 saturated carbocycles. The number of guanidine groups is 1. The highest BCUT2D eigenvalue weighted by atomic mass is 16.5. The Hall–Kier alpha value is -1.59. The molecule has 0 amide bonds. The third-order valence-electron chi connectivity index (χ3n) is 3.76. The fourth-order valence-electron chi connectivity index (χ4n) is 2.57. The number of benzene rings is 1. The predicted octanol–water partition coefficient (Wildman–Crippen LogP) is 1.98. The van der Waals surface area contributed by atoms with E-state index < -0.39 is 0 Å². The van der Waals surface area contributed by atoms with Crippen LogP contribution >= 0.6 is 0 Å². The molecular formula is C19H34N4O. The molecule has 0 atom stereocenters. The van der Waals surface area contributed by atoms with Crippen molar-refractivity contribution in [1.82, 2.24) is 15.5 Å². The molecule has 0 fully saturated rings. The summed E-state index contributed by atoms with van der Waals surface area (Å²) in [5.41, 5.74) is 4.02. The molecule has 5 nitrogen and oxygen atoms in total. The van der Waals surface area contributed by atoms with Crippen LogP contribution in [0.1, 0.15) is 23.6 Å².